The summed E-state index contributed by atoms with van der Waals surface area (Å²) >= 11 is 11.5. The summed E-state index contributed by atoms with van der Waals surface area (Å²) in [6.07, 6.45) is -2.80. The Morgan fingerprint density at radius 3 is 2.48 bits per heavy atom. The molecule has 1 heterocycles. The second-order valence-corrected chi connectivity index (χ2v) is 4.70. The zero-order valence-corrected chi connectivity index (χ0v) is 14.8. The molecule has 0 saturated carbocycles. The number of hydrogen-bond donors (Lipinski definition) is 0. The first-order valence-electron chi connectivity index (χ1n) is 5.45. The summed E-state index contributed by atoms with van der Waals surface area (Å²) in [6, 6.07) is 7.49. The fourth-order valence-corrected chi connectivity index (χ4v) is 2.15. The van der Waals surface area contributed by atoms with Crippen molar-refractivity contribution in [1.29, 1.82) is 0 Å². The van der Waals surface area contributed by atoms with Crippen molar-refractivity contribution in [2.24, 2.45) is 0 Å². The van der Waals surface area contributed by atoms with Gasteiger partial charge in [0, 0.05) is 37.7 Å². The minimum absolute atomic E-state index is 0. The van der Waals surface area contributed by atoms with E-state index < -0.39 is 24.3 Å². The van der Waals surface area contributed by atoms with Crippen LogP contribution in [0.2, 0.25) is 10.0 Å². The third-order valence-corrected chi connectivity index (χ3v) is 3.16. The maximum Gasteiger partial charge on any atom is 0.256 e. The van der Waals surface area contributed by atoms with Crippen molar-refractivity contribution in [1.82, 2.24) is 4.57 Å². The third kappa shape index (κ3) is 4.10. The van der Waals surface area contributed by atoms with Crippen LogP contribution in [-0.2, 0) is 39.3 Å². The van der Waals surface area contributed by atoms with Gasteiger partial charge >= 0.3 is 0 Å². The van der Waals surface area contributed by atoms with Crippen molar-refractivity contribution in [3.05, 3.63) is 56.5 Å². The minimum Gasteiger partial charge on any atom is -0.335 e. The number of rotatable bonds is 3. The second kappa shape index (κ2) is 7.77. The van der Waals surface area contributed by atoms with Crippen LogP contribution in [0, 0.1) is 11.9 Å². The number of nitrogens with zero attached hydrogens (tertiary/aromatic N) is 1. The van der Waals surface area contributed by atoms with E-state index in [2.05, 4.69) is 6.07 Å². The molecule has 0 aliphatic carbocycles. The summed E-state index contributed by atoms with van der Waals surface area (Å²) in [5.41, 5.74) is -1.17. The van der Waals surface area contributed by atoms with Gasteiger partial charge in [0.25, 0.3) is 6.43 Å². The van der Waals surface area contributed by atoms with E-state index in [1.807, 2.05) is 0 Å². The van der Waals surface area contributed by atoms with Crippen molar-refractivity contribution in [2.75, 3.05) is 0 Å². The van der Waals surface area contributed by atoms with Crippen LogP contribution in [0.25, 0.3) is 11.3 Å². The molecule has 109 valence electrons. The van der Waals surface area contributed by atoms with Crippen molar-refractivity contribution in [3.8, 4) is 11.3 Å². The fraction of sp³-hybridized carbons (Fsp3) is 0.154. The molecule has 1 aromatic carbocycles. The van der Waals surface area contributed by atoms with Crippen LogP contribution in [0.4, 0.5) is 13.2 Å². The van der Waals surface area contributed by atoms with Gasteiger partial charge in [-0.1, -0.05) is 29.4 Å². The quantitative estimate of drug-likeness (QED) is 0.701. The average Bonchev–Trinajstić information content (AvgIpc) is 2.37. The molecule has 0 saturated heterocycles. The smallest absolute Gasteiger partial charge is 0.256 e. The number of hydrogen-bond acceptors (Lipinski definition) is 1. The van der Waals surface area contributed by atoms with E-state index >= 15 is 0 Å². The van der Waals surface area contributed by atoms with Crippen molar-refractivity contribution in [2.45, 2.75) is 13.0 Å². The van der Waals surface area contributed by atoms with Crippen molar-refractivity contribution >= 4 is 23.2 Å². The van der Waals surface area contributed by atoms with Crippen LogP contribution < -0.4 is 5.56 Å². The molecular formula is C13H7Cl2F3NOY-. The standard InChI is InChI=1S/C13H7Cl2F3NO.Y/c14-7-2-1-3-9(16)12(7)10-5-4-8(15)13(20)19(10)6-11(17)18;/h1-4,11H,6H2;/q-1;. The largest absolute Gasteiger partial charge is 0.335 e. The molecule has 0 N–H and O–H groups in total. The zero-order valence-electron chi connectivity index (χ0n) is 10.4. The van der Waals surface area contributed by atoms with Crippen LogP contribution in [0.15, 0.2) is 29.1 Å². The maximum absolute atomic E-state index is 13.8. The Morgan fingerprint density at radius 1 is 1.24 bits per heavy atom. The number of halogens is 5. The molecule has 21 heavy (non-hydrogen) atoms. The van der Waals surface area contributed by atoms with Crippen LogP contribution in [0.1, 0.15) is 0 Å². The second-order valence-electron chi connectivity index (χ2n) is 3.89. The molecule has 2 rings (SSSR count). The van der Waals surface area contributed by atoms with E-state index in [0.717, 1.165) is 12.1 Å². The summed E-state index contributed by atoms with van der Waals surface area (Å²) in [4.78, 5) is 11.8. The van der Waals surface area contributed by atoms with Crippen LogP contribution >= 0.6 is 23.2 Å². The zero-order chi connectivity index (χ0) is 14.9. The van der Waals surface area contributed by atoms with E-state index in [-0.39, 0.29) is 54.0 Å². The van der Waals surface area contributed by atoms with E-state index in [1.165, 1.54) is 12.1 Å². The summed E-state index contributed by atoms with van der Waals surface area (Å²) in [5.74, 6) is -0.738. The first-order valence-corrected chi connectivity index (χ1v) is 6.21. The number of pyridine rings is 1. The summed E-state index contributed by atoms with van der Waals surface area (Å²) < 4.78 is 39.7. The topological polar surface area (TPSA) is 22.0 Å². The Hall–Kier alpha value is -0.356. The SMILES string of the molecule is O=c1c(Cl)c[c-]c(-c2c(F)cccc2Cl)n1CC(F)F.[Y]. The van der Waals surface area contributed by atoms with E-state index in [1.54, 1.807) is 0 Å². The number of aromatic nitrogens is 1. The molecule has 0 fully saturated rings. The average molecular weight is 410 g/mol. The van der Waals surface area contributed by atoms with Gasteiger partial charge in [0.05, 0.1) is 12.4 Å². The Bertz CT molecular complexity index is 686. The van der Waals surface area contributed by atoms with Gasteiger partial charge in [-0.2, -0.15) is 23.7 Å². The number of alkyl halides is 2. The fourth-order valence-electron chi connectivity index (χ4n) is 1.75. The normalized spacial score (nSPS) is 10.6. The molecule has 0 aliphatic heterocycles. The van der Waals surface area contributed by atoms with Gasteiger partial charge in [-0.25, -0.2) is 13.2 Å². The summed E-state index contributed by atoms with van der Waals surface area (Å²) in [7, 11) is 0. The van der Waals surface area contributed by atoms with Crippen LogP contribution in [0.3, 0.4) is 0 Å². The molecule has 8 heteroatoms. The Kier molecular flexibility index (Phi) is 6.92. The van der Waals surface area contributed by atoms with Gasteiger partial charge in [-0.3, -0.25) is 4.79 Å². The Labute approximate surface area is 153 Å². The van der Waals surface area contributed by atoms with E-state index in [0.29, 0.717) is 4.57 Å². The predicted molar refractivity (Wildman–Crippen MR) is 71.0 cm³/mol. The van der Waals surface area contributed by atoms with E-state index in [4.69, 9.17) is 23.2 Å². The molecule has 0 amide bonds. The van der Waals surface area contributed by atoms with Gasteiger partial charge in [0.15, 0.2) is 0 Å². The molecule has 2 aromatic rings. The molecule has 0 aliphatic rings. The van der Waals surface area contributed by atoms with Crippen molar-refractivity contribution in [3.63, 3.8) is 0 Å². The minimum atomic E-state index is -2.80. The van der Waals surface area contributed by atoms with Crippen LogP contribution in [0.5, 0.6) is 0 Å². The molecule has 0 atom stereocenters. The van der Waals surface area contributed by atoms with Crippen molar-refractivity contribution < 1.29 is 45.9 Å². The first kappa shape index (κ1) is 18.7. The molecule has 0 bridgehead atoms. The molecule has 2 nitrogen and oxygen atoms in total. The van der Waals surface area contributed by atoms with Gasteiger partial charge < -0.3 is 4.57 Å². The van der Waals surface area contributed by atoms with Gasteiger partial charge in [-0.05, 0) is 16.7 Å². The predicted octanol–water partition coefficient (Wildman–Crippen LogP) is 4.02. The van der Waals surface area contributed by atoms with E-state index in [9.17, 15) is 18.0 Å². The van der Waals surface area contributed by atoms with Gasteiger partial charge in [0.2, 0.25) is 5.56 Å². The van der Waals surface area contributed by atoms with Gasteiger partial charge in [-0.15, -0.1) is 0 Å². The van der Waals surface area contributed by atoms with Gasteiger partial charge in [0.1, 0.15) is 0 Å². The molecule has 0 spiro atoms. The molecule has 0 unspecified atom stereocenters. The maximum atomic E-state index is 13.8. The monoisotopic (exact) mass is 409 g/mol. The Morgan fingerprint density at radius 2 is 1.90 bits per heavy atom. The van der Waals surface area contributed by atoms with Crippen LogP contribution in [-0.4, -0.2) is 11.0 Å². The summed E-state index contributed by atoms with van der Waals surface area (Å²) in [5, 5.41) is -0.284. The molecule has 1 aromatic heterocycles. The number of benzene rings is 1. The Balaban J connectivity index is 0.00000220. The molecule has 1 radical (unpaired) electrons. The first-order chi connectivity index (χ1) is 9.41. The summed E-state index contributed by atoms with van der Waals surface area (Å²) in [6.45, 7) is -0.921. The molecular weight excluding hydrogens is 403 g/mol. The third-order valence-electron chi connectivity index (χ3n) is 2.58.